The summed E-state index contributed by atoms with van der Waals surface area (Å²) in [6.07, 6.45) is -1.34. The molecule has 0 fully saturated rings. The lowest BCUT2D eigenvalue weighted by atomic mass is 9.93. The minimum Gasteiger partial charge on any atom is -0.444 e. The summed E-state index contributed by atoms with van der Waals surface area (Å²) >= 11 is 0. The molecule has 3 unspecified atom stereocenters. The fourth-order valence-corrected chi connectivity index (χ4v) is 3.28. The van der Waals surface area contributed by atoms with E-state index in [1.54, 1.807) is 41.5 Å². The number of nitrogens with one attached hydrogen (secondary N) is 4. The average Bonchev–Trinajstić information content (AvgIpc) is 2.69. The van der Waals surface area contributed by atoms with E-state index >= 15 is 0 Å². The van der Waals surface area contributed by atoms with E-state index in [2.05, 4.69) is 16.0 Å². The number of amides is 3. The van der Waals surface area contributed by atoms with Gasteiger partial charge in [0, 0.05) is 5.92 Å². The third-order valence-electron chi connectivity index (χ3n) is 5.01. The van der Waals surface area contributed by atoms with Crippen LogP contribution in [0.25, 0.3) is 0 Å². The van der Waals surface area contributed by atoms with E-state index in [4.69, 9.17) is 15.9 Å². The number of carbonyl (C=O) groups is 3. The smallest absolute Gasteiger partial charge is 0.407 e. The highest BCUT2D eigenvalue weighted by Crippen LogP contribution is 2.16. The number of ether oxygens (including phenoxy) is 1. The molecule has 7 N–H and O–H groups in total. The van der Waals surface area contributed by atoms with Gasteiger partial charge < -0.3 is 26.2 Å². The van der Waals surface area contributed by atoms with Crippen LogP contribution in [0.2, 0.25) is 0 Å². The van der Waals surface area contributed by atoms with Gasteiger partial charge in [-0.25, -0.2) is 4.79 Å². The molecule has 190 valence electrons. The predicted molar refractivity (Wildman–Crippen MR) is 130 cm³/mol. The second kappa shape index (κ2) is 12.9. The molecule has 34 heavy (non-hydrogen) atoms. The van der Waals surface area contributed by atoms with Gasteiger partial charge in [0.15, 0.2) is 5.96 Å². The van der Waals surface area contributed by atoms with Crippen LogP contribution in [0.15, 0.2) is 30.3 Å². The van der Waals surface area contributed by atoms with Gasteiger partial charge in [-0.1, -0.05) is 51.1 Å². The molecule has 0 heterocycles. The Labute approximate surface area is 201 Å². The molecule has 0 aliphatic heterocycles. The number of aliphatic hydroxyl groups is 1. The quantitative estimate of drug-likeness (QED) is 0.221. The van der Waals surface area contributed by atoms with Crippen molar-refractivity contribution >= 4 is 23.9 Å². The molecule has 10 heteroatoms. The molecule has 0 radical (unpaired) electrons. The molecule has 10 nitrogen and oxygen atoms in total. The Kier molecular flexibility index (Phi) is 11.0. The van der Waals surface area contributed by atoms with Crippen molar-refractivity contribution in [2.24, 2.45) is 17.6 Å². The first-order valence-corrected chi connectivity index (χ1v) is 11.4. The van der Waals surface area contributed by atoms with Gasteiger partial charge in [-0.3, -0.25) is 20.3 Å². The summed E-state index contributed by atoms with van der Waals surface area (Å²) in [7, 11) is 0. The monoisotopic (exact) mass is 477 g/mol. The molecule has 0 saturated carbocycles. The van der Waals surface area contributed by atoms with Crippen molar-refractivity contribution in [1.82, 2.24) is 16.0 Å². The van der Waals surface area contributed by atoms with E-state index in [0.29, 0.717) is 6.42 Å². The van der Waals surface area contributed by atoms with Crippen LogP contribution in [0.5, 0.6) is 0 Å². The molecule has 1 aromatic rings. The molecule has 4 atom stereocenters. The summed E-state index contributed by atoms with van der Waals surface area (Å²) in [6, 6.07) is 7.77. The number of alkyl carbamates (subject to hydrolysis) is 1. The summed E-state index contributed by atoms with van der Waals surface area (Å²) in [5.74, 6) is -2.45. The molecule has 0 bridgehead atoms. The molecule has 1 aromatic carbocycles. The third-order valence-corrected chi connectivity index (χ3v) is 5.01. The first-order chi connectivity index (χ1) is 15.7. The number of hydrogen-bond acceptors (Lipinski definition) is 6. The molecule has 0 aromatic heterocycles. The van der Waals surface area contributed by atoms with Crippen LogP contribution in [0.4, 0.5) is 4.79 Å². The van der Waals surface area contributed by atoms with Gasteiger partial charge in [-0.2, -0.15) is 0 Å². The van der Waals surface area contributed by atoms with Gasteiger partial charge in [-0.05, 0) is 45.1 Å². The van der Waals surface area contributed by atoms with Gasteiger partial charge in [0.25, 0.3) is 0 Å². The van der Waals surface area contributed by atoms with Gasteiger partial charge in [-0.15, -0.1) is 0 Å². The molecule has 1 rings (SSSR count). The van der Waals surface area contributed by atoms with E-state index < -0.39 is 53.6 Å². The van der Waals surface area contributed by atoms with Crippen molar-refractivity contribution < 1.29 is 24.2 Å². The van der Waals surface area contributed by atoms with Crippen molar-refractivity contribution in [3.8, 4) is 0 Å². The van der Waals surface area contributed by atoms with Crippen molar-refractivity contribution in [1.29, 1.82) is 5.41 Å². The minimum absolute atomic E-state index is 0.0400. The lowest BCUT2D eigenvalue weighted by Crippen LogP contribution is -2.54. The van der Waals surface area contributed by atoms with Gasteiger partial charge in [0.05, 0.1) is 12.1 Å². The van der Waals surface area contributed by atoms with Crippen LogP contribution in [0.3, 0.4) is 0 Å². The highest BCUT2D eigenvalue weighted by Gasteiger charge is 2.30. The summed E-state index contributed by atoms with van der Waals surface area (Å²) in [5.41, 5.74) is 5.42. The second-order valence-corrected chi connectivity index (χ2v) is 9.78. The van der Waals surface area contributed by atoms with Crippen LogP contribution in [0, 0.1) is 17.2 Å². The van der Waals surface area contributed by atoms with Crippen molar-refractivity contribution in [2.45, 2.75) is 78.2 Å². The zero-order chi connectivity index (χ0) is 26.1. The van der Waals surface area contributed by atoms with Crippen LogP contribution in [-0.4, -0.2) is 52.8 Å². The van der Waals surface area contributed by atoms with Crippen LogP contribution in [-0.2, 0) is 20.7 Å². The Hall–Kier alpha value is -3.14. The fraction of sp³-hybridized carbons (Fsp3) is 0.583. The topological polar surface area (TPSA) is 167 Å². The fourth-order valence-electron chi connectivity index (χ4n) is 3.28. The van der Waals surface area contributed by atoms with Crippen LogP contribution >= 0.6 is 0 Å². The number of guanidine groups is 1. The number of carbonyl (C=O) groups excluding carboxylic acids is 3. The first kappa shape index (κ1) is 28.9. The van der Waals surface area contributed by atoms with Crippen LogP contribution in [0.1, 0.15) is 53.5 Å². The Bertz CT molecular complexity index is 838. The van der Waals surface area contributed by atoms with E-state index in [0.717, 1.165) is 5.56 Å². The van der Waals surface area contributed by atoms with Gasteiger partial charge in [0.1, 0.15) is 11.6 Å². The third kappa shape index (κ3) is 10.7. The SMILES string of the molecule is CC(CC(O)C(Cc1ccccc1)NC(=O)OC(C)(C)C)C(=O)N[C@H](C(=O)NC(=N)N)C(C)C. The molecule has 3 amide bonds. The zero-order valence-corrected chi connectivity index (χ0v) is 20.8. The molecular weight excluding hydrogens is 438 g/mol. The lowest BCUT2D eigenvalue weighted by Gasteiger charge is -2.29. The summed E-state index contributed by atoms with van der Waals surface area (Å²) in [4.78, 5) is 37.4. The Morgan fingerprint density at radius 2 is 1.65 bits per heavy atom. The highest BCUT2D eigenvalue weighted by atomic mass is 16.6. The molecule has 0 saturated heterocycles. The lowest BCUT2D eigenvalue weighted by molar-refractivity contribution is -0.131. The normalized spacial score (nSPS) is 14.9. The van der Waals surface area contributed by atoms with Gasteiger partial charge >= 0.3 is 6.09 Å². The number of nitrogens with two attached hydrogens (primary N) is 1. The Morgan fingerprint density at radius 1 is 1.06 bits per heavy atom. The predicted octanol–water partition coefficient (Wildman–Crippen LogP) is 1.66. The van der Waals surface area contributed by atoms with Crippen LogP contribution < -0.4 is 21.7 Å². The average molecular weight is 478 g/mol. The Balaban J connectivity index is 2.90. The van der Waals surface area contributed by atoms with E-state index in [1.807, 2.05) is 30.3 Å². The first-order valence-electron chi connectivity index (χ1n) is 11.4. The molecular formula is C24H39N5O5. The summed E-state index contributed by atoms with van der Waals surface area (Å²) < 4.78 is 5.33. The number of aliphatic hydroxyl groups excluding tert-OH is 1. The highest BCUT2D eigenvalue weighted by molar-refractivity contribution is 5.99. The maximum Gasteiger partial charge on any atom is 0.407 e. The second-order valence-electron chi connectivity index (χ2n) is 9.78. The zero-order valence-electron chi connectivity index (χ0n) is 20.8. The molecule has 0 spiro atoms. The molecule has 0 aliphatic carbocycles. The maximum absolute atomic E-state index is 12.8. The van der Waals surface area contributed by atoms with E-state index in [1.165, 1.54) is 0 Å². The summed E-state index contributed by atoms with van der Waals surface area (Å²) in [5, 5.41) is 25.7. The number of benzene rings is 1. The van der Waals surface area contributed by atoms with Gasteiger partial charge in [0.2, 0.25) is 11.8 Å². The Morgan fingerprint density at radius 3 is 2.15 bits per heavy atom. The summed E-state index contributed by atoms with van der Waals surface area (Å²) in [6.45, 7) is 10.4. The minimum atomic E-state index is -1.06. The molecule has 0 aliphatic rings. The number of hydrogen-bond donors (Lipinski definition) is 6. The van der Waals surface area contributed by atoms with Crippen molar-refractivity contribution in [3.63, 3.8) is 0 Å². The standard InChI is InChI=1S/C24H39N5O5/c1-14(2)19(21(32)29-22(25)26)28-20(31)15(3)12-18(30)17(13-16-10-8-7-9-11-16)27-23(33)34-24(4,5)6/h7-11,14-15,17-19,30H,12-13H2,1-6H3,(H,27,33)(H,28,31)(H4,25,26,29,32)/t15?,17?,18?,19-/m0/s1. The number of rotatable bonds is 10. The van der Waals surface area contributed by atoms with Crippen molar-refractivity contribution in [2.75, 3.05) is 0 Å². The maximum atomic E-state index is 12.8. The van der Waals surface area contributed by atoms with E-state index in [-0.39, 0.29) is 12.3 Å². The largest absolute Gasteiger partial charge is 0.444 e. The van der Waals surface area contributed by atoms with Crippen molar-refractivity contribution in [3.05, 3.63) is 35.9 Å². The van der Waals surface area contributed by atoms with E-state index in [9.17, 15) is 19.5 Å².